The van der Waals surface area contributed by atoms with Gasteiger partial charge in [-0.05, 0) is 38.0 Å². The van der Waals surface area contributed by atoms with Gasteiger partial charge < -0.3 is 14.5 Å². The van der Waals surface area contributed by atoms with E-state index in [4.69, 9.17) is 4.74 Å². The molecule has 0 N–H and O–H groups in total. The second-order valence-electron chi connectivity index (χ2n) is 6.99. The number of piperazine rings is 1. The molecule has 1 saturated heterocycles. The molecule has 3 rings (SSSR count). The van der Waals surface area contributed by atoms with E-state index in [1.165, 1.54) is 5.56 Å². The number of hydrogen-bond donors (Lipinski definition) is 0. The van der Waals surface area contributed by atoms with E-state index in [1.54, 1.807) is 0 Å². The molecule has 138 valence electrons. The van der Waals surface area contributed by atoms with Gasteiger partial charge in [-0.2, -0.15) is 0 Å². The molecular formula is C22H28N2O2. The number of carbonyl (C=O) groups is 1. The Morgan fingerprint density at radius 2 is 1.62 bits per heavy atom. The lowest BCUT2D eigenvalue weighted by atomic mass is 10.1. The molecular weight excluding hydrogens is 324 g/mol. The molecule has 2 aromatic rings. The fourth-order valence-corrected chi connectivity index (χ4v) is 3.32. The van der Waals surface area contributed by atoms with Gasteiger partial charge in [0.2, 0.25) is 5.91 Å². The number of hydrogen-bond acceptors (Lipinski definition) is 3. The third kappa shape index (κ3) is 4.78. The first-order chi connectivity index (χ1) is 12.6. The van der Waals surface area contributed by atoms with E-state index in [9.17, 15) is 4.79 Å². The van der Waals surface area contributed by atoms with Gasteiger partial charge >= 0.3 is 0 Å². The summed E-state index contributed by atoms with van der Waals surface area (Å²) in [5.74, 6) is 1.17. The Hall–Kier alpha value is -2.49. The Morgan fingerprint density at radius 1 is 0.962 bits per heavy atom. The molecule has 0 aliphatic carbocycles. The Morgan fingerprint density at radius 3 is 2.31 bits per heavy atom. The van der Waals surface area contributed by atoms with Crippen molar-refractivity contribution in [2.75, 3.05) is 31.1 Å². The summed E-state index contributed by atoms with van der Waals surface area (Å²) in [6.07, 6.45) is 1.54. The zero-order chi connectivity index (χ0) is 18.4. The van der Waals surface area contributed by atoms with E-state index >= 15 is 0 Å². The van der Waals surface area contributed by atoms with Crippen LogP contribution in [0.3, 0.4) is 0 Å². The van der Waals surface area contributed by atoms with Crippen molar-refractivity contribution in [1.29, 1.82) is 0 Å². The third-order valence-electron chi connectivity index (χ3n) is 4.67. The first-order valence-electron chi connectivity index (χ1n) is 9.46. The maximum atomic E-state index is 12.5. The number of nitrogens with zero attached hydrogens (tertiary/aromatic N) is 2. The van der Waals surface area contributed by atoms with Crippen LogP contribution in [0.4, 0.5) is 5.69 Å². The molecule has 0 atom stereocenters. The summed E-state index contributed by atoms with van der Waals surface area (Å²) in [5, 5.41) is 0. The van der Waals surface area contributed by atoms with Gasteiger partial charge in [-0.1, -0.05) is 42.5 Å². The maximum absolute atomic E-state index is 12.5. The quantitative estimate of drug-likeness (QED) is 0.794. The molecule has 0 spiro atoms. The molecule has 0 aromatic heterocycles. The molecule has 1 amide bonds. The van der Waals surface area contributed by atoms with Crippen LogP contribution in [0.2, 0.25) is 0 Å². The lowest BCUT2D eigenvalue weighted by Gasteiger charge is -2.37. The van der Waals surface area contributed by atoms with Crippen LogP contribution in [0.5, 0.6) is 5.75 Å². The summed E-state index contributed by atoms with van der Waals surface area (Å²) in [4.78, 5) is 16.8. The minimum absolute atomic E-state index is 0.150. The normalized spacial score (nSPS) is 14.6. The SMILES string of the molecule is CC(C)Oc1ccccc1N1CCN(C(=O)CCc2ccccc2)CC1. The van der Waals surface area contributed by atoms with Crippen LogP contribution in [0.1, 0.15) is 25.8 Å². The molecule has 1 aliphatic rings. The topological polar surface area (TPSA) is 32.8 Å². The number of anilines is 1. The van der Waals surface area contributed by atoms with Crippen LogP contribution in [-0.4, -0.2) is 43.1 Å². The van der Waals surface area contributed by atoms with Gasteiger partial charge in [0.25, 0.3) is 0 Å². The Balaban J connectivity index is 1.53. The molecule has 1 heterocycles. The predicted molar refractivity (Wildman–Crippen MR) is 106 cm³/mol. The zero-order valence-corrected chi connectivity index (χ0v) is 15.7. The summed E-state index contributed by atoms with van der Waals surface area (Å²) in [5.41, 5.74) is 2.34. The fraction of sp³-hybridized carbons (Fsp3) is 0.409. The number of amides is 1. The van der Waals surface area contributed by atoms with Crippen molar-refractivity contribution >= 4 is 11.6 Å². The number of rotatable bonds is 6. The highest BCUT2D eigenvalue weighted by molar-refractivity contribution is 5.77. The molecule has 26 heavy (non-hydrogen) atoms. The van der Waals surface area contributed by atoms with Crippen LogP contribution < -0.4 is 9.64 Å². The predicted octanol–water partition coefficient (Wildman–Crippen LogP) is 3.76. The summed E-state index contributed by atoms with van der Waals surface area (Å²) in [7, 11) is 0. The Bertz CT molecular complexity index is 707. The minimum Gasteiger partial charge on any atom is -0.489 e. The van der Waals surface area contributed by atoms with Crippen molar-refractivity contribution in [2.45, 2.75) is 32.8 Å². The summed E-state index contributed by atoms with van der Waals surface area (Å²) in [6.45, 7) is 7.30. The fourth-order valence-electron chi connectivity index (χ4n) is 3.32. The molecule has 0 radical (unpaired) electrons. The standard InChI is InChI=1S/C22H28N2O2/c1-18(2)26-21-11-7-6-10-20(21)23-14-16-24(17-15-23)22(25)13-12-19-8-4-3-5-9-19/h3-11,18H,12-17H2,1-2H3. The van der Waals surface area contributed by atoms with Gasteiger partial charge in [0, 0.05) is 32.6 Å². The van der Waals surface area contributed by atoms with E-state index in [2.05, 4.69) is 23.1 Å². The minimum atomic E-state index is 0.150. The van der Waals surface area contributed by atoms with E-state index in [-0.39, 0.29) is 12.0 Å². The first kappa shape index (κ1) is 18.3. The zero-order valence-electron chi connectivity index (χ0n) is 15.7. The monoisotopic (exact) mass is 352 g/mol. The Labute approximate surface area is 156 Å². The molecule has 4 nitrogen and oxygen atoms in total. The van der Waals surface area contributed by atoms with Crippen LogP contribution in [-0.2, 0) is 11.2 Å². The second kappa shape index (κ2) is 8.75. The Kier molecular flexibility index (Phi) is 6.16. The van der Waals surface area contributed by atoms with E-state index in [0.29, 0.717) is 6.42 Å². The average molecular weight is 352 g/mol. The number of para-hydroxylation sites is 2. The van der Waals surface area contributed by atoms with E-state index in [0.717, 1.165) is 44.0 Å². The van der Waals surface area contributed by atoms with Crippen molar-refractivity contribution in [3.05, 3.63) is 60.2 Å². The van der Waals surface area contributed by atoms with Crippen molar-refractivity contribution in [3.63, 3.8) is 0 Å². The van der Waals surface area contributed by atoms with Gasteiger partial charge in [-0.25, -0.2) is 0 Å². The van der Waals surface area contributed by atoms with Crippen LogP contribution >= 0.6 is 0 Å². The van der Waals surface area contributed by atoms with Crippen LogP contribution in [0.15, 0.2) is 54.6 Å². The number of ether oxygens (including phenoxy) is 1. The van der Waals surface area contributed by atoms with Gasteiger partial charge in [0.1, 0.15) is 5.75 Å². The van der Waals surface area contributed by atoms with E-state index < -0.39 is 0 Å². The molecule has 0 saturated carbocycles. The average Bonchev–Trinajstić information content (AvgIpc) is 2.67. The number of benzene rings is 2. The third-order valence-corrected chi connectivity index (χ3v) is 4.67. The van der Waals surface area contributed by atoms with Gasteiger partial charge in [0.05, 0.1) is 11.8 Å². The first-order valence-corrected chi connectivity index (χ1v) is 9.46. The largest absolute Gasteiger partial charge is 0.489 e. The van der Waals surface area contributed by atoms with Crippen molar-refractivity contribution < 1.29 is 9.53 Å². The van der Waals surface area contributed by atoms with Gasteiger partial charge in [-0.3, -0.25) is 4.79 Å². The van der Waals surface area contributed by atoms with Gasteiger partial charge in [0.15, 0.2) is 0 Å². The second-order valence-corrected chi connectivity index (χ2v) is 6.99. The molecule has 1 fully saturated rings. The van der Waals surface area contributed by atoms with Crippen molar-refractivity contribution in [2.24, 2.45) is 0 Å². The smallest absolute Gasteiger partial charge is 0.223 e. The summed E-state index contributed by atoms with van der Waals surface area (Å²) < 4.78 is 5.94. The van der Waals surface area contributed by atoms with Gasteiger partial charge in [-0.15, -0.1) is 0 Å². The number of aryl methyl sites for hydroxylation is 1. The molecule has 1 aliphatic heterocycles. The highest BCUT2D eigenvalue weighted by Crippen LogP contribution is 2.29. The summed E-state index contributed by atoms with van der Waals surface area (Å²) >= 11 is 0. The maximum Gasteiger partial charge on any atom is 0.223 e. The highest BCUT2D eigenvalue weighted by atomic mass is 16.5. The highest BCUT2D eigenvalue weighted by Gasteiger charge is 2.22. The number of carbonyl (C=O) groups excluding carboxylic acids is 1. The molecule has 2 aromatic carbocycles. The van der Waals surface area contributed by atoms with Crippen molar-refractivity contribution in [3.8, 4) is 5.75 Å². The summed E-state index contributed by atoms with van der Waals surface area (Å²) in [6, 6.07) is 18.4. The lowest BCUT2D eigenvalue weighted by molar-refractivity contribution is -0.131. The molecule has 0 bridgehead atoms. The van der Waals surface area contributed by atoms with Crippen LogP contribution in [0.25, 0.3) is 0 Å². The van der Waals surface area contributed by atoms with E-state index in [1.807, 2.05) is 55.1 Å². The lowest BCUT2D eigenvalue weighted by Crippen LogP contribution is -2.49. The molecule has 4 heteroatoms. The van der Waals surface area contributed by atoms with Crippen LogP contribution in [0, 0.1) is 0 Å². The molecule has 0 unspecified atom stereocenters. The van der Waals surface area contributed by atoms with Crippen molar-refractivity contribution in [1.82, 2.24) is 4.90 Å².